The van der Waals surface area contributed by atoms with Gasteiger partial charge in [-0.3, -0.25) is 0 Å². The van der Waals surface area contributed by atoms with Gasteiger partial charge in [0.25, 0.3) is 0 Å². The average molecular weight is 188 g/mol. The Labute approximate surface area is 84.8 Å². The maximum atomic E-state index is 10.6. The van der Waals surface area contributed by atoms with Crippen molar-refractivity contribution in [3.8, 4) is 0 Å². The lowest BCUT2D eigenvalue weighted by Gasteiger charge is -2.47. The summed E-state index contributed by atoms with van der Waals surface area (Å²) in [5, 5.41) is 10.6. The van der Waals surface area contributed by atoms with Crippen molar-refractivity contribution in [3.05, 3.63) is 35.4 Å². The highest BCUT2D eigenvalue weighted by atomic mass is 16.3. The van der Waals surface area contributed by atoms with Crippen LogP contribution in [0.15, 0.2) is 24.3 Å². The summed E-state index contributed by atoms with van der Waals surface area (Å²) in [6.45, 7) is 0. The van der Waals surface area contributed by atoms with E-state index in [1.165, 1.54) is 36.8 Å². The minimum Gasteiger partial charge on any atom is -0.385 e. The zero-order chi connectivity index (χ0) is 9.60. The maximum Gasteiger partial charge on any atom is 0.0967 e. The lowest BCUT2D eigenvalue weighted by molar-refractivity contribution is -0.0270. The summed E-state index contributed by atoms with van der Waals surface area (Å²) in [6.07, 6.45) is 5.89. The van der Waals surface area contributed by atoms with Crippen molar-refractivity contribution in [2.75, 3.05) is 0 Å². The zero-order valence-electron chi connectivity index (χ0n) is 8.37. The summed E-state index contributed by atoms with van der Waals surface area (Å²) >= 11 is 0. The second kappa shape index (κ2) is 2.83. The number of aliphatic hydroxyl groups is 1. The molecule has 2 atom stereocenters. The van der Waals surface area contributed by atoms with Gasteiger partial charge < -0.3 is 5.11 Å². The largest absolute Gasteiger partial charge is 0.385 e. The fourth-order valence-electron chi connectivity index (χ4n) is 3.19. The van der Waals surface area contributed by atoms with Gasteiger partial charge >= 0.3 is 0 Å². The summed E-state index contributed by atoms with van der Waals surface area (Å²) in [5.41, 5.74) is 2.14. The number of hydrogen-bond donors (Lipinski definition) is 1. The van der Waals surface area contributed by atoms with E-state index in [2.05, 4.69) is 18.2 Å². The van der Waals surface area contributed by atoms with Crippen LogP contribution in [0.25, 0.3) is 0 Å². The van der Waals surface area contributed by atoms with Gasteiger partial charge in [0, 0.05) is 5.92 Å². The Bertz CT molecular complexity index is 358. The Morgan fingerprint density at radius 2 is 2.00 bits per heavy atom. The van der Waals surface area contributed by atoms with Crippen molar-refractivity contribution in [1.29, 1.82) is 0 Å². The Kier molecular flexibility index (Phi) is 1.72. The van der Waals surface area contributed by atoms with E-state index in [-0.39, 0.29) is 0 Å². The smallest absolute Gasteiger partial charge is 0.0967 e. The zero-order valence-corrected chi connectivity index (χ0v) is 8.37. The number of fused-ring (bicyclic) bond motifs is 4. The first-order chi connectivity index (χ1) is 6.82. The highest BCUT2D eigenvalue weighted by Crippen LogP contribution is 2.56. The average Bonchev–Trinajstić information content (AvgIpc) is 2.37. The Morgan fingerprint density at radius 3 is 2.93 bits per heavy atom. The summed E-state index contributed by atoms with van der Waals surface area (Å²) in [4.78, 5) is 0. The third-order valence-electron chi connectivity index (χ3n) is 3.93. The van der Waals surface area contributed by atoms with Crippen molar-refractivity contribution in [2.24, 2.45) is 0 Å². The second-order valence-electron chi connectivity index (χ2n) is 4.66. The van der Waals surface area contributed by atoms with Crippen molar-refractivity contribution < 1.29 is 5.11 Å². The standard InChI is InChI=1S/C13H16O/c14-13-9-5-1-2-7-11(13)10-6-3-4-8-12(10)13/h3-4,6,8,11,14H,1-2,5,7,9H2/t11-,13+/m1/s1. The number of hydrogen-bond acceptors (Lipinski definition) is 1. The number of rotatable bonds is 0. The van der Waals surface area contributed by atoms with Gasteiger partial charge in [0.1, 0.15) is 0 Å². The molecule has 0 bridgehead atoms. The van der Waals surface area contributed by atoms with Gasteiger partial charge in [0.15, 0.2) is 0 Å². The Balaban J connectivity index is 2.06. The molecule has 14 heavy (non-hydrogen) atoms. The van der Waals surface area contributed by atoms with Crippen molar-refractivity contribution >= 4 is 0 Å². The lowest BCUT2D eigenvalue weighted by atomic mass is 9.62. The van der Waals surface area contributed by atoms with Gasteiger partial charge in [-0.25, -0.2) is 0 Å². The predicted octanol–water partition coefficient (Wildman–Crippen LogP) is 2.94. The van der Waals surface area contributed by atoms with Crippen molar-refractivity contribution in [2.45, 2.75) is 43.6 Å². The molecule has 0 heterocycles. The van der Waals surface area contributed by atoms with Crippen molar-refractivity contribution in [1.82, 2.24) is 0 Å². The molecule has 0 radical (unpaired) electrons. The first-order valence-corrected chi connectivity index (χ1v) is 5.64. The van der Waals surface area contributed by atoms with E-state index in [1.807, 2.05) is 6.07 Å². The third-order valence-corrected chi connectivity index (χ3v) is 3.93. The molecule has 1 nitrogen and oxygen atoms in total. The molecule has 3 rings (SSSR count). The molecule has 1 heteroatoms. The van der Waals surface area contributed by atoms with Crippen LogP contribution in [0, 0.1) is 0 Å². The molecule has 1 fully saturated rings. The molecule has 0 aliphatic heterocycles. The van der Waals surface area contributed by atoms with Crippen LogP contribution in [-0.4, -0.2) is 5.11 Å². The van der Waals surface area contributed by atoms with E-state index in [9.17, 15) is 5.11 Å². The summed E-state index contributed by atoms with van der Waals surface area (Å²) < 4.78 is 0. The molecule has 1 N–H and O–H groups in total. The van der Waals surface area contributed by atoms with Gasteiger partial charge in [-0.2, -0.15) is 0 Å². The molecule has 74 valence electrons. The van der Waals surface area contributed by atoms with Crippen LogP contribution >= 0.6 is 0 Å². The van der Waals surface area contributed by atoms with E-state index in [0.29, 0.717) is 5.92 Å². The van der Waals surface area contributed by atoms with Gasteiger partial charge in [0.2, 0.25) is 0 Å². The molecule has 0 amide bonds. The summed E-state index contributed by atoms with van der Waals surface area (Å²) in [5.74, 6) is 0.432. The van der Waals surface area contributed by atoms with Crippen LogP contribution in [0.5, 0.6) is 0 Å². The van der Waals surface area contributed by atoms with E-state index in [4.69, 9.17) is 0 Å². The number of benzene rings is 1. The molecular formula is C13H16O. The van der Waals surface area contributed by atoms with Gasteiger partial charge in [-0.1, -0.05) is 43.5 Å². The normalized spacial score (nSPS) is 35.1. The fraction of sp³-hybridized carbons (Fsp3) is 0.538. The summed E-state index contributed by atoms with van der Waals surface area (Å²) in [6, 6.07) is 8.40. The highest BCUT2D eigenvalue weighted by Gasteiger charge is 2.49. The van der Waals surface area contributed by atoms with E-state index in [1.54, 1.807) is 0 Å². The van der Waals surface area contributed by atoms with Crippen LogP contribution in [0.4, 0.5) is 0 Å². The molecule has 0 saturated heterocycles. The van der Waals surface area contributed by atoms with Crippen LogP contribution in [0.3, 0.4) is 0 Å². The summed E-state index contributed by atoms with van der Waals surface area (Å²) in [7, 11) is 0. The Morgan fingerprint density at radius 1 is 1.14 bits per heavy atom. The first kappa shape index (κ1) is 8.49. The lowest BCUT2D eigenvalue weighted by Crippen LogP contribution is -2.42. The topological polar surface area (TPSA) is 20.2 Å². The predicted molar refractivity (Wildman–Crippen MR) is 56.2 cm³/mol. The molecule has 1 aromatic carbocycles. The molecule has 2 aliphatic carbocycles. The first-order valence-electron chi connectivity index (χ1n) is 5.64. The Hall–Kier alpha value is -0.820. The molecule has 0 spiro atoms. The van der Waals surface area contributed by atoms with Gasteiger partial charge in [-0.15, -0.1) is 0 Å². The minimum atomic E-state index is -0.465. The molecule has 2 aliphatic rings. The highest BCUT2D eigenvalue weighted by molar-refractivity contribution is 5.47. The maximum absolute atomic E-state index is 10.6. The van der Waals surface area contributed by atoms with Crippen LogP contribution in [0.2, 0.25) is 0 Å². The van der Waals surface area contributed by atoms with Crippen LogP contribution in [0.1, 0.15) is 49.1 Å². The quantitative estimate of drug-likeness (QED) is 0.663. The van der Waals surface area contributed by atoms with Crippen molar-refractivity contribution in [3.63, 3.8) is 0 Å². The van der Waals surface area contributed by atoms with E-state index < -0.39 is 5.60 Å². The van der Waals surface area contributed by atoms with Gasteiger partial charge in [0.05, 0.1) is 5.60 Å². The van der Waals surface area contributed by atoms with E-state index >= 15 is 0 Å². The van der Waals surface area contributed by atoms with Gasteiger partial charge in [-0.05, 0) is 24.0 Å². The second-order valence-corrected chi connectivity index (χ2v) is 4.66. The SMILES string of the molecule is O[C@@]12CCCCC[C@@H]1c1ccccc12. The fourth-order valence-corrected chi connectivity index (χ4v) is 3.19. The van der Waals surface area contributed by atoms with Crippen LogP contribution in [-0.2, 0) is 5.60 Å². The third kappa shape index (κ3) is 0.936. The minimum absolute atomic E-state index is 0.432. The van der Waals surface area contributed by atoms with Crippen LogP contribution < -0.4 is 0 Å². The molecule has 1 saturated carbocycles. The molecule has 0 unspecified atom stereocenters. The molecule has 0 aromatic heterocycles. The molecular weight excluding hydrogens is 172 g/mol. The monoisotopic (exact) mass is 188 g/mol. The van der Waals surface area contributed by atoms with E-state index in [0.717, 1.165) is 6.42 Å². The molecule has 1 aromatic rings.